The Labute approximate surface area is 238 Å². The third kappa shape index (κ3) is 8.89. The third-order valence-electron chi connectivity index (χ3n) is 6.68. The van der Waals surface area contributed by atoms with Crippen molar-refractivity contribution < 1.29 is 22.7 Å². The topological polar surface area (TPSA) is 110 Å². The average Bonchev–Trinajstić information content (AvgIpc) is 2.89. The predicted octanol–water partition coefficient (Wildman–Crippen LogP) is 7.97. The van der Waals surface area contributed by atoms with E-state index in [0.717, 1.165) is 22.3 Å². The molecule has 3 aromatic carbocycles. The van der Waals surface area contributed by atoms with E-state index in [4.69, 9.17) is 15.7 Å². The number of halogens is 3. The van der Waals surface area contributed by atoms with Crippen molar-refractivity contribution in [3.63, 3.8) is 0 Å². The standard InChI is InChI=1S/C31H36F3N5O2/c1-19-16-25(17-20(2)28(19)22-10-12-24(13-11-22)30(3,4)5)41-26(14-15-31(32,33)34)21-6-8-23(9-7-21)29(40)37-18-27(35)38-39-36/h6-13,16-17,26H,14-15,18H2,1-5H3,(H,37,40)(H3,35,36,38). The SMILES string of the molecule is Cc1cc(OC(CCC(F)(F)F)c2ccc(C(=O)NCC(=N)NN=N)cc2)cc(C)c1-c1ccc(C(C)(C)C)cc1. The maximum absolute atomic E-state index is 13.2. The fourth-order valence-corrected chi connectivity index (χ4v) is 4.56. The van der Waals surface area contributed by atoms with Crippen LogP contribution in [0.1, 0.15) is 72.3 Å². The highest BCUT2D eigenvalue weighted by molar-refractivity contribution is 5.96. The maximum atomic E-state index is 13.2. The monoisotopic (exact) mass is 567 g/mol. The lowest BCUT2D eigenvalue weighted by molar-refractivity contribution is -0.139. The van der Waals surface area contributed by atoms with Crippen LogP contribution in [-0.4, -0.2) is 24.5 Å². The number of benzene rings is 3. The molecule has 0 aliphatic rings. The summed E-state index contributed by atoms with van der Waals surface area (Å²) in [4.78, 5) is 12.4. The summed E-state index contributed by atoms with van der Waals surface area (Å²) >= 11 is 0. The third-order valence-corrected chi connectivity index (χ3v) is 6.68. The van der Waals surface area contributed by atoms with E-state index in [0.29, 0.717) is 11.3 Å². The quantitative estimate of drug-likeness (QED) is 0.0863. The first kappa shape index (κ1) is 31.3. The van der Waals surface area contributed by atoms with Gasteiger partial charge in [0, 0.05) is 12.0 Å². The zero-order valence-electron chi connectivity index (χ0n) is 23.9. The van der Waals surface area contributed by atoms with Gasteiger partial charge in [-0.2, -0.15) is 18.7 Å². The number of nitrogens with one attached hydrogen (secondary N) is 4. The molecule has 218 valence electrons. The maximum Gasteiger partial charge on any atom is 0.389 e. The van der Waals surface area contributed by atoms with Gasteiger partial charge in [-0.1, -0.05) is 62.4 Å². The molecule has 0 heterocycles. The fourth-order valence-electron chi connectivity index (χ4n) is 4.56. The largest absolute Gasteiger partial charge is 0.486 e. The summed E-state index contributed by atoms with van der Waals surface area (Å²) in [5.41, 5.74) is 14.8. The number of nitrogens with zero attached hydrogens (tertiary/aromatic N) is 1. The van der Waals surface area contributed by atoms with Crippen molar-refractivity contribution in [3.8, 4) is 16.9 Å². The van der Waals surface area contributed by atoms with Gasteiger partial charge in [0.15, 0.2) is 0 Å². The molecule has 0 radical (unpaired) electrons. The first-order valence-corrected chi connectivity index (χ1v) is 13.2. The molecular weight excluding hydrogens is 531 g/mol. The summed E-state index contributed by atoms with van der Waals surface area (Å²) in [5.74, 6) is -0.169. The molecule has 3 aromatic rings. The van der Waals surface area contributed by atoms with E-state index in [1.54, 1.807) is 12.1 Å². The molecule has 1 atom stereocenters. The summed E-state index contributed by atoms with van der Waals surface area (Å²) in [6.07, 6.45) is -6.55. The highest BCUT2D eigenvalue weighted by Crippen LogP contribution is 2.36. The van der Waals surface area contributed by atoms with Crippen LogP contribution in [0.2, 0.25) is 0 Å². The molecule has 4 N–H and O–H groups in total. The first-order valence-electron chi connectivity index (χ1n) is 13.2. The minimum absolute atomic E-state index is 0.0360. The zero-order valence-corrected chi connectivity index (χ0v) is 23.9. The number of hydrogen-bond acceptors (Lipinski definition) is 5. The lowest BCUT2D eigenvalue weighted by Crippen LogP contribution is -2.34. The Kier molecular flexibility index (Phi) is 9.91. The Morgan fingerprint density at radius 2 is 1.56 bits per heavy atom. The molecule has 7 nitrogen and oxygen atoms in total. The second kappa shape index (κ2) is 13.0. The highest BCUT2D eigenvalue weighted by atomic mass is 19.4. The lowest BCUT2D eigenvalue weighted by atomic mass is 9.85. The second-order valence-corrected chi connectivity index (χ2v) is 11.0. The van der Waals surface area contributed by atoms with E-state index in [2.05, 4.69) is 61.0 Å². The van der Waals surface area contributed by atoms with Crippen molar-refractivity contribution in [2.75, 3.05) is 6.54 Å². The van der Waals surface area contributed by atoms with Crippen LogP contribution >= 0.6 is 0 Å². The van der Waals surface area contributed by atoms with Crippen molar-refractivity contribution >= 4 is 11.7 Å². The number of rotatable bonds is 10. The molecule has 0 bridgehead atoms. The molecule has 0 fully saturated rings. The highest BCUT2D eigenvalue weighted by Gasteiger charge is 2.30. The molecule has 41 heavy (non-hydrogen) atoms. The van der Waals surface area contributed by atoms with E-state index in [1.165, 1.54) is 17.7 Å². The number of carbonyl (C=O) groups is 1. The van der Waals surface area contributed by atoms with Crippen LogP contribution in [0.3, 0.4) is 0 Å². The lowest BCUT2D eigenvalue weighted by Gasteiger charge is -2.23. The Morgan fingerprint density at radius 3 is 2.07 bits per heavy atom. The van der Waals surface area contributed by atoms with Gasteiger partial charge in [-0.15, -0.1) is 0 Å². The van der Waals surface area contributed by atoms with Gasteiger partial charge in [-0.3, -0.25) is 10.2 Å². The van der Waals surface area contributed by atoms with Crippen molar-refractivity contribution in [2.45, 2.75) is 65.2 Å². The number of aryl methyl sites for hydroxylation is 2. The number of hydrogen-bond donors (Lipinski definition) is 4. The molecule has 0 aliphatic heterocycles. The Hall–Kier alpha value is -4.21. The number of carbonyl (C=O) groups excluding carboxylic acids is 1. The number of ether oxygens (including phenoxy) is 1. The van der Waals surface area contributed by atoms with Gasteiger partial charge in [-0.25, -0.2) is 5.43 Å². The van der Waals surface area contributed by atoms with Gasteiger partial charge in [0.05, 0.1) is 6.54 Å². The normalized spacial score (nSPS) is 12.4. The molecule has 0 spiro atoms. The van der Waals surface area contributed by atoms with E-state index in [9.17, 15) is 18.0 Å². The number of alkyl halides is 3. The molecule has 1 unspecified atom stereocenters. The van der Waals surface area contributed by atoms with Crippen LogP contribution in [0.25, 0.3) is 11.1 Å². The summed E-state index contributed by atoms with van der Waals surface area (Å²) < 4.78 is 45.7. The van der Waals surface area contributed by atoms with Crippen molar-refractivity contribution in [3.05, 3.63) is 88.5 Å². The fraction of sp³-hybridized carbons (Fsp3) is 0.355. The van der Waals surface area contributed by atoms with Crippen LogP contribution in [0, 0.1) is 24.8 Å². The van der Waals surface area contributed by atoms with Crippen LogP contribution in [0.4, 0.5) is 13.2 Å². The first-order chi connectivity index (χ1) is 19.2. The van der Waals surface area contributed by atoms with Gasteiger partial charge < -0.3 is 10.1 Å². The van der Waals surface area contributed by atoms with E-state index in [1.807, 2.05) is 26.0 Å². The Morgan fingerprint density at radius 1 is 0.976 bits per heavy atom. The molecule has 0 saturated carbocycles. The van der Waals surface area contributed by atoms with Crippen LogP contribution in [0.15, 0.2) is 65.9 Å². The second-order valence-electron chi connectivity index (χ2n) is 11.0. The Bertz CT molecular complexity index is 1360. The summed E-state index contributed by atoms with van der Waals surface area (Å²) in [6, 6.07) is 18.2. The van der Waals surface area contributed by atoms with Gasteiger partial charge in [0.1, 0.15) is 17.7 Å². The van der Waals surface area contributed by atoms with E-state index < -0.39 is 24.6 Å². The predicted molar refractivity (Wildman–Crippen MR) is 153 cm³/mol. The van der Waals surface area contributed by atoms with Crippen LogP contribution < -0.4 is 15.5 Å². The molecule has 0 saturated heterocycles. The molecule has 0 aliphatic carbocycles. The minimum atomic E-state index is -4.35. The summed E-state index contributed by atoms with van der Waals surface area (Å²) in [5, 5.41) is 12.9. The van der Waals surface area contributed by atoms with Crippen LogP contribution in [-0.2, 0) is 5.41 Å². The van der Waals surface area contributed by atoms with Gasteiger partial charge in [0.25, 0.3) is 5.91 Å². The van der Waals surface area contributed by atoms with Crippen LogP contribution in [0.5, 0.6) is 5.75 Å². The smallest absolute Gasteiger partial charge is 0.389 e. The molecule has 3 rings (SSSR count). The number of amidine groups is 1. The Balaban J connectivity index is 1.83. The van der Waals surface area contributed by atoms with Gasteiger partial charge >= 0.3 is 6.18 Å². The van der Waals surface area contributed by atoms with E-state index in [-0.39, 0.29) is 29.8 Å². The van der Waals surface area contributed by atoms with Crippen molar-refractivity contribution in [1.29, 1.82) is 10.9 Å². The average molecular weight is 568 g/mol. The summed E-state index contributed by atoms with van der Waals surface area (Å²) in [6.45, 7) is 10.2. The van der Waals surface area contributed by atoms with E-state index >= 15 is 0 Å². The zero-order chi connectivity index (χ0) is 30.4. The minimum Gasteiger partial charge on any atom is -0.486 e. The molecule has 0 aromatic heterocycles. The van der Waals surface area contributed by atoms with Crippen molar-refractivity contribution in [1.82, 2.24) is 10.7 Å². The van der Waals surface area contributed by atoms with Gasteiger partial charge in [-0.05, 0) is 83.3 Å². The molecule has 10 heteroatoms. The van der Waals surface area contributed by atoms with Crippen molar-refractivity contribution in [2.24, 2.45) is 5.22 Å². The summed E-state index contributed by atoms with van der Waals surface area (Å²) in [7, 11) is 0. The molecular formula is C31H36F3N5O2. The molecule has 1 amide bonds. The van der Waals surface area contributed by atoms with Gasteiger partial charge in [0.2, 0.25) is 0 Å². The number of amides is 1.